The van der Waals surface area contributed by atoms with Gasteiger partial charge in [0, 0.05) is 12.1 Å². The molecule has 0 atom stereocenters. The second kappa shape index (κ2) is 6.20. The Morgan fingerprint density at radius 3 is 3.00 bits per heavy atom. The Kier molecular flexibility index (Phi) is 4.36. The standard InChI is InChI=1S/C11H9ClN4O5/c12-7-2-1-3-9(16(18)19)10(7)20-5-6-4-8(15-21-6)11(17)14-13/h1-4H,5,13H2,(H,14,17). The summed E-state index contributed by atoms with van der Waals surface area (Å²) in [6.45, 7) is -0.185. The van der Waals surface area contributed by atoms with Gasteiger partial charge in [-0.15, -0.1) is 0 Å². The van der Waals surface area contributed by atoms with Crippen molar-refractivity contribution in [3.8, 4) is 5.75 Å². The number of hydrogen-bond donors (Lipinski definition) is 2. The van der Waals surface area contributed by atoms with Gasteiger partial charge in [-0.1, -0.05) is 22.8 Å². The number of ether oxygens (including phenoxy) is 1. The Morgan fingerprint density at radius 2 is 2.33 bits per heavy atom. The first-order valence-electron chi connectivity index (χ1n) is 5.55. The van der Waals surface area contributed by atoms with Gasteiger partial charge in [-0.3, -0.25) is 20.3 Å². The molecular weight excluding hydrogens is 304 g/mol. The van der Waals surface area contributed by atoms with Gasteiger partial charge in [-0.25, -0.2) is 5.84 Å². The average molecular weight is 313 g/mol. The number of rotatable bonds is 5. The molecule has 1 aromatic carbocycles. The van der Waals surface area contributed by atoms with E-state index in [1.807, 2.05) is 5.43 Å². The topological polar surface area (TPSA) is 134 Å². The number of hydrogen-bond acceptors (Lipinski definition) is 7. The summed E-state index contributed by atoms with van der Waals surface area (Å²) in [6, 6.07) is 5.45. The van der Waals surface area contributed by atoms with Crippen molar-refractivity contribution in [2.24, 2.45) is 5.84 Å². The number of hydrazine groups is 1. The van der Waals surface area contributed by atoms with Gasteiger partial charge in [0.1, 0.15) is 6.61 Å². The number of para-hydroxylation sites is 1. The molecule has 1 heterocycles. The van der Waals surface area contributed by atoms with Crippen molar-refractivity contribution < 1.29 is 19.0 Å². The van der Waals surface area contributed by atoms with E-state index in [-0.39, 0.29) is 34.5 Å². The van der Waals surface area contributed by atoms with Gasteiger partial charge in [-0.05, 0) is 6.07 Å². The van der Waals surface area contributed by atoms with Gasteiger partial charge < -0.3 is 9.26 Å². The number of aromatic nitrogens is 1. The van der Waals surface area contributed by atoms with Crippen LogP contribution in [0.4, 0.5) is 5.69 Å². The number of nitro benzene ring substituents is 1. The van der Waals surface area contributed by atoms with Crippen molar-refractivity contribution in [2.75, 3.05) is 0 Å². The summed E-state index contributed by atoms with van der Waals surface area (Å²) in [5, 5.41) is 14.4. The lowest BCUT2D eigenvalue weighted by Crippen LogP contribution is -2.30. The molecule has 3 N–H and O–H groups in total. The highest BCUT2D eigenvalue weighted by Crippen LogP contribution is 2.34. The van der Waals surface area contributed by atoms with Crippen molar-refractivity contribution >= 4 is 23.2 Å². The van der Waals surface area contributed by atoms with Gasteiger partial charge in [0.15, 0.2) is 11.5 Å². The highest BCUT2D eigenvalue weighted by Gasteiger charge is 2.19. The third kappa shape index (κ3) is 3.27. The molecular formula is C11H9ClN4O5. The highest BCUT2D eigenvalue weighted by atomic mass is 35.5. The van der Waals surface area contributed by atoms with Gasteiger partial charge in [0.25, 0.3) is 5.91 Å². The molecule has 0 aliphatic heterocycles. The molecule has 0 bridgehead atoms. The zero-order valence-corrected chi connectivity index (χ0v) is 11.2. The lowest BCUT2D eigenvalue weighted by atomic mass is 10.3. The fraction of sp³-hybridized carbons (Fsp3) is 0.0909. The molecule has 0 unspecified atom stereocenters. The molecule has 2 aromatic rings. The highest BCUT2D eigenvalue weighted by molar-refractivity contribution is 6.32. The van der Waals surface area contributed by atoms with Crippen LogP contribution in [0.5, 0.6) is 5.75 Å². The van der Waals surface area contributed by atoms with Crippen LogP contribution in [0.1, 0.15) is 16.2 Å². The quantitative estimate of drug-likeness (QED) is 0.369. The third-order valence-electron chi connectivity index (χ3n) is 2.42. The van der Waals surface area contributed by atoms with Crippen LogP contribution in [0.2, 0.25) is 5.02 Å². The Morgan fingerprint density at radius 1 is 1.57 bits per heavy atom. The minimum absolute atomic E-state index is 0.0373. The zero-order valence-electron chi connectivity index (χ0n) is 10.4. The van der Waals surface area contributed by atoms with Crippen molar-refractivity contribution in [3.63, 3.8) is 0 Å². The molecule has 0 aliphatic rings. The molecule has 1 amide bonds. The number of carbonyl (C=O) groups is 1. The van der Waals surface area contributed by atoms with Gasteiger partial charge in [0.2, 0.25) is 5.75 Å². The molecule has 21 heavy (non-hydrogen) atoms. The number of halogens is 1. The van der Waals surface area contributed by atoms with Crippen molar-refractivity contribution in [2.45, 2.75) is 6.61 Å². The summed E-state index contributed by atoms with van der Waals surface area (Å²) in [4.78, 5) is 21.5. The number of nitrogens with zero attached hydrogens (tertiary/aromatic N) is 2. The van der Waals surface area contributed by atoms with Crippen LogP contribution in [-0.2, 0) is 6.61 Å². The molecule has 0 aliphatic carbocycles. The summed E-state index contributed by atoms with van der Waals surface area (Å²) in [5.74, 6) is 4.41. The molecule has 0 saturated heterocycles. The number of nitrogens with one attached hydrogen (secondary N) is 1. The van der Waals surface area contributed by atoms with Crippen LogP contribution in [0.3, 0.4) is 0 Å². The third-order valence-corrected chi connectivity index (χ3v) is 2.72. The number of benzene rings is 1. The average Bonchev–Trinajstić information content (AvgIpc) is 2.93. The fourth-order valence-electron chi connectivity index (χ4n) is 1.49. The van der Waals surface area contributed by atoms with Gasteiger partial charge in [0.05, 0.1) is 9.95 Å². The van der Waals surface area contributed by atoms with Crippen molar-refractivity contribution in [3.05, 3.63) is 50.9 Å². The monoisotopic (exact) mass is 312 g/mol. The first kappa shape index (κ1) is 14.8. The zero-order chi connectivity index (χ0) is 15.4. The maximum Gasteiger partial charge on any atom is 0.312 e. The molecule has 110 valence electrons. The number of nitrogen functional groups attached to an aromatic ring is 1. The first-order chi connectivity index (χ1) is 10.0. The number of amides is 1. The van der Waals surface area contributed by atoms with E-state index in [0.717, 1.165) is 0 Å². The van der Waals surface area contributed by atoms with Crippen LogP contribution >= 0.6 is 11.6 Å². The van der Waals surface area contributed by atoms with E-state index in [2.05, 4.69) is 5.16 Å². The number of nitrogens with two attached hydrogens (primary N) is 1. The second-order valence-electron chi connectivity index (χ2n) is 3.79. The van der Waals surface area contributed by atoms with E-state index < -0.39 is 10.8 Å². The van der Waals surface area contributed by atoms with Crippen LogP contribution < -0.4 is 16.0 Å². The summed E-state index contributed by atoms with van der Waals surface area (Å²) in [6.07, 6.45) is 0. The Labute approximate surface area is 122 Å². The Bertz CT molecular complexity index is 687. The van der Waals surface area contributed by atoms with Crippen LogP contribution in [0, 0.1) is 10.1 Å². The molecule has 0 spiro atoms. The van der Waals surface area contributed by atoms with Crippen molar-refractivity contribution in [1.29, 1.82) is 0 Å². The molecule has 0 radical (unpaired) electrons. The van der Waals surface area contributed by atoms with E-state index in [4.69, 9.17) is 26.7 Å². The van der Waals surface area contributed by atoms with Crippen LogP contribution in [0.25, 0.3) is 0 Å². The predicted molar refractivity (Wildman–Crippen MR) is 70.6 cm³/mol. The summed E-state index contributed by atoms with van der Waals surface area (Å²) in [7, 11) is 0. The summed E-state index contributed by atoms with van der Waals surface area (Å²) >= 11 is 5.86. The Hall–Kier alpha value is -2.65. The van der Waals surface area contributed by atoms with E-state index in [9.17, 15) is 14.9 Å². The van der Waals surface area contributed by atoms with Crippen LogP contribution in [-0.4, -0.2) is 16.0 Å². The maximum absolute atomic E-state index is 11.2. The van der Waals surface area contributed by atoms with E-state index in [0.29, 0.717) is 0 Å². The Balaban J connectivity index is 2.15. The van der Waals surface area contributed by atoms with Gasteiger partial charge in [-0.2, -0.15) is 0 Å². The largest absolute Gasteiger partial charge is 0.477 e. The van der Waals surface area contributed by atoms with Gasteiger partial charge >= 0.3 is 5.69 Å². The lowest BCUT2D eigenvalue weighted by molar-refractivity contribution is -0.385. The van der Waals surface area contributed by atoms with E-state index in [1.165, 1.54) is 24.3 Å². The first-order valence-corrected chi connectivity index (χ1v) is 5.93. The SMILES string of the molecule is NNC(=O)c1cc(COc2c(Cl)cccc2[N+](=O)[O-])on1. The fourth-order valence-corrected chi connectivity index (χ4v) is 1.71. The lowest BCUT2D eigenvalue weighted by Gasteiger charge is -2.06. The molecule has 9 nitrogen and oxygen atoms in total. The van der Waals surface area contributed by atoms with E-state index in [1.54, 1.807) is 0 Å². The molecule has 1 aromatic heterocycles. The summed E-state index contributed by atoms with van der Waals surface area (Å²) in [5.41, 5.74) is 1.58. The normalized spacial score (nSPS) is 10.2. The molecule has 0 fully saturated rings. The molecule has 10 heteroatoms. The minimum Gasteiger partial charge on any atom is -0.477 e. The smallest absolute Gasteiger partial charge is 0.312 e. The maximum atomic E-state index is 11.2. The van der Waals surface area contributed by atoms with E-state index >= 15 is 0 Å². The molecule has 2 rings (SSSR count). The molecule has 0 saturated carbocycles. The van der Waals surface area contributed by atoms with Crippen molar-refractivity contribution in [1.82, 2.24) is 10.6 Å². The van der Waals surface area contributed by atoms with Crippen LogP contribution in [0.15, 0.2) is 28.8 Å². The second-order valence-corrected chi connectivity index (χ2v) is 4.19. The number of carbonyl (C=O) groups excluding carboxylic acids is 1. The number of nitro groups is 1. The predicted octanol–water partition coefficient (Wildman–Crippen LogP) is 1.42. The summed E-state index contributed by atoms with van der Waals surface area (Å²) < 4.78 is 10.1. The minimum atomic E-state index is -0.631.